The van der Waals surface area contributed by atoms with Crippen LogP contribution in [0.15, 0.2) is 18.2 Å². The van der Waals surface area contributed by atoms with E-state index >= 15 is 0 Å². The second-order valence-electron chi connectivity index (χ2n) is 6.13. The van der Waals surface area contributed by atoms with E-state index in [2.05, 4.69) is 0 Å². The van der Waals surface area contributed by atoms with E-state index < -0.39 is 30.1 Å². The van der Waals surface area contributed by atoms with Crippen LogP contribution in [-0.2, 0) is 15.5 Å². The van der Waals surface area contributed by atoms with E-state index in [1.807, 2.05) is 27.7 Å². The average Bonchev–Trinajstić information content (AvgIpc) is 2.46. The van der Waals surface area contributed by atoms with Gasteiger partial charge in [0.2, 0.25) is 0 Å². The molecule has 0 amide bonds. The predicted molar refractivity (Wildman–Crippen MR) is 71.9 cm³/mol. The van der Waals surface area contributed by atoms with E-state index in [9.17, 15) is 13.2 Å². The van der Waals surface area contributed by atoms with Gasteiger partial charge in [-0.3, -0.25) is 0 Å². The van der Waals surface area contributed by atoms with Crippen LogP contribution in [-0.4, -0.2) is 18.3 Å². The fourth-order valence-corrected chi connectivity index (χ4v) is 2.24. The summed E-state index contributed by atoms with van der Waals surface area (Å²) >= 11 is 0. The van der Waals surface area contributed by atoms with Crippen molar-refractivity contribution >= 4 is 12.6 Å². The van der Waals surface area contributed by atoms with Crippen molar-refractivity contribution in [3.8, 4) is 0 Å². The highest BCUT2D eigenvalue weighted by atomic mass is 19.4. The summed E-state index contributed by atoms with van der Waals surface area (Å²) < 4.78 is 51.1. The molecule has 20 heavy (non-hydrogen) atoms. The smallest absolute Gasteiger partial charge is 0.399 e. The van der Waals surface area contributed by atoms with Crippen molar-refractivity contribution in [1.82, 2.24) is 0 Å². The molecule has 0 radical (unpaired) electrons. The Morgan fingerprint density at radius 1 is 1.00 bits per heavy atom. The highest BCUT2D eigenvalue weighted by molar-refractivity contribution is 6.62. The van der Waals surface area contributed by atoms with Crippen molar-refractivity contribution in [1.29, 1.82) is 0 Å². The zero-order valence-corrected chi connectivity index (χ0v) is 12.3. The molecule has 1 aliphatic heterocycles. The Morgan fingerprint density at radius 3 is 1.95 bits per heavy atom. The molecule has 0 spiro atoms. The van der Waals surface area contributed by atoms with Crippen LogP contribution < -0.4 is 5.46 Å². The summed E-state index contributed by atoms with van der Waals surface area (Å²) in [7, 11) is -1.00. The summed E-state index contributed by atoms with van der Waals surface area (Å²) in [5, 5.41) is 0. The fraction of sp³-hybridized carbons (Fsp3) is 0.571. The van der Waals surface area contributed by atoms with E-state index in [1.165, 1.54) is 19.1 Å². The summed E-state index contributed by atoms with van der Waals surface area (Å²) in [5.41, 5.74) is -1.78. The molecule has 1 aliphatic rings. The molecule has 0 atom stereocenters. The van der Waals surface area contributed by atoms with Crippen LogP contribution in [0, 0.1) is 6.92 Å². The van der Waals surface area contributed by atoms with Crippen LogP contribution in [0.5, 0.6) is 0 Å². The van der Waals surface area contributed by atoms with E-state index in [1.54, 1.807) is 6.07 Å². The molecule has 110 valence electrons. The first-order valence-electron chi connectivity index (χ1n) is 6.48. The van der Waals surface area contributed by atoms with Gasteiger partial charge in [0.15, 0.2) is 0 Å². The number of hydrogen-bond acceptors (Lipinski definition) is 2. The minimum atomic E-state index is -4.43. The monoisotopic (exact) mass is 286 g/mol. The summed E-state index contributed by atoms with van der Waals surface area (Å²) in [5.74, 6) is 0. The molecule has 2 nitrogen and oxygen atoms in total. The lowest BCUT2D eigenvalue weighted by Crippen LogP contribution is -2.41. The van der Waals surface area contributed by atoms with Gasteiger partial charge in [-0.15, -0.1) is 0 Å². The third-order valence-corrected chi connectivity index (χ3v) is 4.10. The van der Waals surface area contributed by atoms with Gasteiger partial charge in [-0.2, -0.15) is 13.2 Å². The van der Waals surface area contributed by atoms with Crippen LogP contribution >= 0.6 is 0 Å². The third kappa shape index (κ3) is 2.47. The second kappa shape index (κ2) is 4.50. The first-order valence-corrected chi connectivity index (χ1v) is 6.48. The normalized spacial score (nSPS) is 21.3. The van der Waals surface area contributed by atoms with Gasteiger partial charge in [-0.1, -0.05) is 18.2 Å². The third-order valence-electron chi connectivity index (χ3n) is 4.10. The fourth-order valence-electron chi connectivity index (χ4n) is 2.24. The lowest BCUT2D eigenvalue weighted by atomic mass is 9.74. The Hall–Kier alpha value is -1.01. The Kier molecular flexibility index (Phi) is 3.46. The zero-order chi connectivity index (χ0) is 15.3. The SMILES string of the molecule is Cc1cccc(B2OC(C)(C)C(C)(C)O2)c1C(F)(F)F. The molecular weight excluding hydrogens is 268 g/mol. The molecule has 1 heterocycles. The van der Waals surface area contributed by atoms with Crippen molar-refractivity contribution in [3.05, 3.63) is 29.3 Å². The molecule has 1 aromatic rings. The lowest BCUT2D eigenvalue weighted by Gasteiger charge is -2.32. The first kappa shape index (κ1) is 15.4. The Labute approximate surface area is 117 Å². The Balaban J connectivity index is 2.49. The molecule has 0 aliphatic carbocycles. The van der Waals surface area contributed by atoms with Gasteiger partial charge in [0.05, 0.1) is 16.8 Å². The summed E-state index contributed by atoms with van der Waals surface area (Å²) in [6.07, 6.45) is -4.43. The molecule has 0 aromatic heterocycles. The van der Waals surface area contributed by atoms with Crippen molar-refractivity contribution in [3.63, 3.8) is 0 Å². The molecular formula is C14H18BF3O2. The molecule has 1 fully saturated rings. The first-order chi connectivity index (χ1) is 8.96. The van der Waals surface area contributed by atoms with E-state index in [0.29, 0.717) is 0 Å². The van der Waals surface area contributed by atoms with Gasteiger partial charge in [-0.05, 0) is 45.6 Å². The van der Waals surface area contributed by atoms with Crippen LogP contribution in [0.3, 0.4) is 0 Å². The number of alkyl halides is 3. The maximum Gasteiger partial charge on any atom is 0.495 e. The Bertz CT molecular complexity index is 508. The van der Waals surface area contributed by atoms with Gasteiger partial charge in [0.1, 0.15) is 0 Å². The molecule has 0 saturated carbocycles. The van der Waals surface area contributed by atoms with E-state index in [0.717, 1.165) is 0 Å². The van der Waals surface area contributed by atoms with Crippen molar-refractivity contribution in [2.45, 2.75) is 52.0 Å². The highest BCUT2D eigenvalue weighted by Crippen LogP contribution is 2.38. The van der Waals surface area contributed by atoms with Crippen LogP contribution in [0.2, 0.25) is 0 Å². The highest BCUT2D eigenvalue weighted by Gasteiger charge is 2.53. The maximum absolute atomic E-state index is 13.2. The lowest BCUT2D eigenvalue weighted by molar-refractivity contribution is -0.137. The molecule has 0 bridgehead atoms. The molecule has 0 N–H and O–H groups in total. The summed E-state index contributed by atoms with van der Waals surface area (Å²) in [6.45, 7) is 8.70. The van der Waals surface area contributed by atoms with Crippen molar-refractivity contribution in [2.24, 2.45) is 0 Å². The van der Waals surface area contributed by atoms with Gasteiger partial charge < -0.3 is 9.31 Å². The van der Waals surface area contributed by atoms with Gasteiger partial charge in [-0.25, -0.2) is 0 Å². The largest absolute Gasteiger partial charge is 0.495 e. The predicted octanol–water partition coefficient (Wildman–Crippen LogP) is 3.31. The number of halogens is 3. The maximum atomic E-state index is 13.2. The van der Waals surface area contributed by atoms with Gasteiger partial charge in [0.25, 0.3) is 0 Å². The summed E-state index contributed by atoms with van der Waals surface area (Å²) in [4.78, 5) is 0. The second-order valence-corrected chi connectivity index (χ2v) is 6.13. The van der Waals surface area contributed by atoms with Crippen LogP contribution in [0.1, 0.15) is 38.8 Å². The zero-order valence-electron chi connectivity index (χ0n) is 12.3. The topological polar surface area (TPSA) is 18.5 Å². The molecule has 1 aromatic carbocycles. The number of benzene rings is 1. The average molecular weight is 286 g/mol. The quantitative estimate of drug-likeness (QED) is 0.737. The van der Waals surface area contributed by atoms with Gasteiger partial charge >= 0.3 is 13.3 Å². The minimum absolute atomic E-state index is 0.0381. The summed E-state index contributed by atoms with van der Waals surface area (Å²) in [6, 6.07) is 4.44. The minimum Gasteiger partial charge on any atom is -0.399 e. The van der Waals surface area contributed by atoms with Crippen molar-refractivity contribution in [2.75, 3.05) is 0 Å². The van der Waals surface area contributed by atoms with Crippen LogP contribution in [0.4, 0.5) is 13.2 Å². The van der Waals surface area contributed by atoms with E-state index in [4.69, 9.17) is 9.31 Å². The number of hydrogen-bond donors (Lipinski definition) is 0. The number of rotatable bonds is 1. The molecule has 2 rings (SSSR count). The molecule has 6 heteroatoms. The van der Waals surface area contributed by atoms with E-state index in [-0.39, 0.29) is 11.0 Å². The standard InChI is InChI=1S/C14H18BF3O2/c1-9-7-6-8-10(11(9)14(16,17)18)15-19-12(2,3)13(4,5)20-15/h6-8H,1-5H3. The molecule has 0 unspecified atom stereocenters. The Morgan fingerprint density at radius 2 is 1.50 bits per heavy atom. The van der Waals surface area contributed by atoms with Gasteiger partial charge in [0, 0.05) is 0 Å². The van der Waals surface area contributed by atoms with Crippen molar-refractivity contribution < 1.29 is 22.5 Å². The van der Waals surface area contributed by atoms with Crippen LogP contribution in [0.25, 0.3) is 0 Å². The number of aryl methyl sites for hydroxylation is 1. The molecule has 1 saturated heterocycles.